The summed E-state index contributed by atoms with van der Waals surface area (Å²) < 4.78 is 14.5. The molecule has 6 nitrogen and oxygen atoms in total. The van der Waals surface area contributed by atoms with E-state index in [-0.39, 0.29) is 17.3 Å². The summed E-state index contributed by atoms with van der Waals surface area (Å²) in [6.45, 7) is 2.57. The van der Waals surface area contributed by atoms with E-state index in [0.29, 0.717) is 35.8 Å². The monoisotopic (exact) mass is 448 g/mol. The van der Waals surface area contributed by atoms with Crippen molar-refractivity contribution >= 4 is 17.2 Å². The van der Waals surface area contributed by atoms with Gasteiger partial charge in [-0.3, -0.25) is 9.59 Å². The molecule has 0 fully saturated rings. The Labute approximate surface area is 188 Å². The van der Waals surface area contributed by atoms with Gasteiger partial charge in [-0.1, -0.05) is 30.3 Å². The van der Waals surface area contributed by atoms with Gasteiger partial charge in [-0.25, -0.2) is 14.1 Å². The van der Waals surface area contributed by atoms with Crippen molar-refractivity contribution in [2.45, 2.75) is 19.9 Å². The number of amides is 1. The fraction of sp³-hybridized carbons (Fsp3) is 0.167. The minimum atomic E-state index is -0.329. The van der Waals surface area contributed by atoms with Gasteiger partial charge in [-0.05, 0) is 43.7 Å². The summed E-state index contributed by atoms with van der Waals surface area (Å²) in [5, 5.41) is 8.06. The van der Waals surface area contributed by atoms with E-state index in [1.165, 1.54) is 34.2 Å². The number of thiazole rings is 1. The summed E-state index contributed by atoms with van der Waals surface area (Å²) >= 11 is 1.36. The molecule has 0 atom stereocenters. The number of carbonyl (C=O) groups is 1. The molecule has 4 rings (SSSR count). The predicted molar refractivity (Wildman–Crippen MR) is 123 cm³/mol. The SMILES string of the molecule is Cc1nc(-c2ccccc2)sc1C(=O)NCCCn1nc(-c2ccc(F)cc2)ccc1=O. The second-order valence-corrected chi connectivity index (χ2v) is 8.19. The molecule has 0 saturated carbocycles. The number of hydrogen-bond acceptors (Lipinski definition) is 5. The molecular weight excluding hydrogens is 427 g/mol. The molecule has 0 aliphatic rings. The molecule has 0 saturated heterocycles. The molecule has 0 spiro atoms. The zero-order valence-corrected chi connectivity index (χ0v) is 18.2. The van der Waals surface area contributed by atoms with Crippen LogP contribution < -0.4 is 10.9 Å². The van der Waals surface area contributed by atoms with Gasteiger partial charge in [0.05, 0.1) is 11.4 Å². The third kappa shape index (κ3) is 4.97. The molecule has 0 aliphatic heterocycles. The highest BCUT2D eigenvalue weighted by atomic mass is 32.1. The fourth-order valence-electron chi connectivity index (χ4n) is 3.21. The van der Waals surface area contributed by atoms with Crippen LogP contribution in [0.4, 0.5) is 4.39 Å². The lowest BCUT2D eigenvalue weighted by atomic mass is 10.1. The second-order valence-electron chi connectivity index (χ2n) is 7.20. The number of nitrogens with zero attached hydrogens (tertiary/aromatic N) is 3. The van der Waals surface area contributed by atoms with Gasteiger partial charge in [0, 0.05) is 30.3 Å². The Kier molecular flexibility index (Phi) is 6.51. The maximum absolute atomic E-state index is 13.1. The third-order valence-electron chi connectivity index (χ3n) is 4.86. The molecular formula is C24H21FN4O2S. The number of benzene rings is 2. The van der Waals surface area contributed by atoms with E-state index in [9.17, 15) is 14.0 Å². The maximum atomic E-state index is 13.1. The van der Waals surface area contributed by atoms with Crippen LogP contribution in [-0.4, -0.2) is 27.2 Å². The van der Waals surface area contributed by atoms with Crippen LogP contribution >= 0.6 is 11.3 Å². The molecule has 2 heterocycles. The van der Waals surface area contributed by atoms with E-state index in [1.54, 1.807) is 18.2 Å². The van der Waals surface area contributed by atoms with Gasteiger partial charge < -0.3 is 5.32 Å². The van der Waals surface area contributed by atoms with Gasteiger partial charge in [0.25, 0.3) is 11.5 Å². The van der Waals surface area contributed by atoms with Crippen LogP contribution in [0.15, 0.2) is 71.5 Å². The number of aromatic nitrogens is 3. The standard InChI is InChI=1S/C24H21FN4O2S/c1-16-22(32-24(27-16)18-6-3-2-4-7-18)23(31)26-14-5-15-29-21(30)13-12-20(28-29)17-8-10-19(25)11-9-17/h2-4,6-13H,5,14-15H2,1H3,(H,26,31). The van der Waals surface area contributed by atoms with Crippen molar-refractivity contribution in [2.24, 2.45) is 0 Å². The molecule has 1 amide bonds. The molecule has 2 aromatic heterocycles. The summed E-state index contributed by atoms with van der Waals surface area (Å²) in [6, 6.07) is 18.7. The maximum Gasteiger partial charge on any atom is 0.266 e. The van der Waals surface area contributed by atoms with E-state index in [1.807, 2.05) is 37.3 Å². The molecule has 162 valence electrons. The van der Waals surface area contributed by atoms with Crippen molar-refractivity contribution < 1.29 is 9.18 Å². The van der Waals surface area contributed by atoms with Crippen molar-refractivity contribution in [1.29, 1.82) is 0 Å². The molecule has 32 heavy (non-hydrogen) atoms. The Morgan fingerprint density at radius 2 is 1.78 bits per heavy atom. The summed E-state index contributed by atoms with van der Waals surface area (Å²) in [5.74, 6) is -0.507. The molecule has 4 aromatic rings. The number of rotatable bonds is 7. The Morgan fingerprint density at radius 1 is 1.03 bits per heavy atom. The zero-order valence-electron chi connectivity index (χ0n) is 17.4. The molecule has 2 aromatic carbocycles. The molecule has 0 radical (unpaired) electrons. The van der Waals surface area contributed by atoms with Crippen LogP contribution in [0.5, 0.6) is 0 Å². The van der Waals surface area contributed by atoms with Crippen LogP contribution in [0.1, 0.15) is 21.8 Å². The number of hydrogen-bond donors (Lipinski definition) is 1. The smallest absolute Gasteiger partial charge is 0.266 e. The quantitative estimate of drug-likeness (QED) is 0.428. The summed E-state index contributed by atoms with van der Waals surface area (Å²) in [5.41, 5.74) is 2.75. The van der Waals surface area contributed by atoms with Crippen molar-refractivity contribution in [2.75, 3.05) is 6.54 Å². The number of nitrogens with one attached hydrogen (secondary N) is 1. The van der Waals surface area contributed by atoms with Crippen LogP contribution in [0, 0.1) is 12.7 Å². The van der Waals surface area contributed by atoms with Gasteiger partial charge in [0.15, 0.2) is 0 Å². The third-order valence-corrected chi connectivity index (χ3v) is 6.07. The fourth-order valence-corrected chi connectivity index (χ4v) is 4.19. The first-order chi connectivity index (χ1) is 15.5. The average Bonchev–Trinajstić information content (AvgIpc) is 3.20. The minimum absolute atomic E-state index is 0.178. The van der Waals surface area contributed by atoms with Crippen molar-refractivity contribution in [3.8, 4) is 21.8 Å². The highest BCUT2D eigenvalue weighted by molar-refractivity contribution is 7.17. The topological polar surface area (TPSA) is 76.9 Å². The van der Waals surface area contributed by atoms with E-state index < -0.39 is 0 Å². The van der Waals surface area contributed by atoms with Gasteiger partial charge in [-0.15, -0.1) is 11.3 Å². The van der Waals surface area contributed by atoms with Gasteiger partial charge in [-0.2, -0.15) is 5.10 Å². The average molecular weight is 449 g/mol. The molecule has 0 unspecified atom stereocenters. The normalized spacial score (nSPS) is 10.8. The van der Waals surface area contributed by atoms with Crippen molar-refractivity contribution in [1.82, 2.24) is 20.1 Å². The Hall–Kier alpha value is -3.65. The number of halogens is 1. The molecule has 0 aliphatic carbocycles. The second kappa shape index (κ2) is 9.65. The number of carbonyl (C=O) groups excluding carboxylic acids is 1. The minimum Gasteiger partial charge on any atom is -0.351 e. The lowest BCUT2D eigenvalue weighted by Crippen LogP contribution is -2.28. The summed E-state index contributed by atoms with van der Waals surface area (Å²) in [4.78, 5) is 29.8. The highest BCUT2D eigenvalue weighted by Crippen LogP contribution is 2.27. The van der Waals surface area contributed by atoms with Crippen LogP contribution in [0.2, 0.25) is 0 Å². The van der Waals surface area contributed by atoms with Crippen molar-refractivity contribution in [3.63, 3.8) is 0 Å². The Bertz CT molecular complexity index is 1280. The lowest BCUT2D eigenvalue weighted by Gasteiger charge is -2.08. The van der Waals surface area contributed by atoms with Gasteiger partial charge in [0.2, 0.25) is 0 Å². The van der Waals surface area contributed by atoms with Gasteiger partial charge >= 0.3 is 0 Å². The van der Waals surface area contributed by atoms with E-state index in [4.69, 9.17) is 0 Å². The van der Waals surface area contributed by atoms with Gasteiger partial charge in [0.1, 0.15) is 15.7 Å². The van der Waals surface area contributed by atoms with Crippen molar-refractivity contribution in [3.05, 3.63) is 93.5 Å². The van der Waals surface area contributed by atoms with E-state index in [2.05, 4.69) is 15.4 Å². The van der Waals surface area contributed by atoms with E-state index >= 15 is 0 Å². The first kappa shape index (κ1) is 21.6. The number of aryl methyl sites for hydroxylation is 2. The summed E-state index contributed by atoms with van der Waals surface area (Å²) in [7, 11) is 0. The first-order valence-electron chi connectivity index (χ1n) is 10.2. The highest BCUT2D eigenvalue weighted by Gasteiger charge is 2.15. The zero-order chi connectivity index (χ0) is 22.5. The molecule has 8 heteroatoms. The molecule has 0 bridgehead atoms. The first-order valence-corrected chi connectivity index (χ1v) is 11.0. The van der Waals surface area contributed by atoms with E-state index in [0.717, 1.165) is 16.1 Å². The largest absolute Gasteiger partial charge is 0.351 e. The van der Waals surface area contributed by atoms with Crippen LogP contribution in [-0.2, 0) is 6.54 Å². The van der Waals surface area contributed by atoms with Crippen LogP contribution in [0.3, 0.4) is 0 Å². The molecule has 1 N–H and O–H groups in total. The Morgan fingerprint density at radius 3 is 2.53 bits per heavy atom. The lowest BCUT2D eigenvalue weighted by molar-refractivity contribution is 0.0956. The Balaban J connectivity index is 1.36. The summed E-state index contributed by atoms with van der Waals surface area (Å²) in [6.07, 6.45) is 0.537. The van der Waals surface area contributed by atoms with Crippen LogP contribution in [0.25, 0.3) is 21.8 Å². The predicted octanol–water partition coefficient (Wildman–Crippen LogP) is 4.30.